The van der Waals surface area contributed by atoms with Gasteiger partial charge >= 0.3 is 5.97 Å². The van der Waals surface area contributed by atoms with E-state index >= 15 is 0 Å². The lowest BCUT2D eigenvalue weighted by atomic mass is 10.2. The smallest absolute Gasteiger partial charge is 0.335 e. The largest absolute Gasteiger partial charge is 0.478 e. The molecule has 0 aliphatic rings. The second-order valence-electron chi connectivity index (χ2n) is 3.01. The van der Waals surface area contributed by atoms with Crippen LogP contribution in [0, 0.1) is 0 Å². The molecule has 6 heteroatoms. The third-order valence-corrected chi connectivity index (χ3v) is 1.92. The Hall–Kier alpha value is -1.59. The van der Waals surface area contributed by atoms with Crippen molar-refractivity contribution in [2.75, 3.05) is 19.0 Å². The van der Waals surface area contributed by atoms with Gasteiger partial charge in [0.2, 0.25) is 5.91 Å². The van der Waals surface area contributed by atoms with E-state index in [4.69, 9.17) is 16.7 Å². The summed E-state index contributed by atoms with van der Waals surface area (Å²) in [5, 5.41) is 11.5. The van der Waals surface area contributed by atoms with Gasteiger partial charge in [-0.1, -0.05) is 11.6 Å². The Labute approximate surface area is 97.0 Å². The van der Waals surface area contributed by atoms with Crippen molar-refractivity contribution in [3.63, 3.8) is 0 Å². The van der Waals surface area contributed by atoms with Crippen molar-refractivity contribution in [3.8, 4) is 0 Å². The van der Waals surface area contributed by atoms with Crippen molar-refractivity contribution < 1.29 is 19.4 Å². The molecule has 0 aliphatic heterocycles. The summed E-state index contributed by atoms with van der Waals surface area (Å²) >= 11 is 5.71. The van der Waals surface area contributed by atoms with Crippen molar-refractivity contribution in [2.45, 2.75) is 0 Å². The van der Waals surface area contributed by atoms with E-state index in [9.17, 15) is 9.59 Å². The average Bonchev–Trinajstić information content (AvgIpc) is 2.16. The van der Waals surface area contributed by atoms with E-state index in [-0.39, 0.29) is 23.1 Å². The van der Waals surface area contributed by atoms with E-state index in [1.54, 1.807) is 0 Å². The number of halogens is 1. The van der Waals surface area contributed by atoms with E-state index in [1.807, 2.05) is 0 Å². The maximum Gasteiger partial charge on any atom is 0.335 e. The number of amides is 1. The molecule has 0 aliphatic carbocycles. The van der Waals surface area contributed by atoms with Gasteiger partial charge in [0.25, 0.3) is 0 Å². The third-order valence-electron chi connectivity index (χ3n) is 1.70. The van der Waals surface area contributed by atoms with Crippen molar-refractivity contribution >= 4 is 29.2 Å². The molecular weight excluding hydrogens is 234 g/mol. The van der Waals surface area contributed by atoms with Crippen molar-refractivity contribution in [2.24, 2.45) is 0 Å². The SMILES string of the molecule is COCC(=O)Nc1cc(Cl)cc(C(=O)O)c1. The van der Waals surface area contributed by atoms with Crippen molar-refractivity contribution in [1.29, 1.82) is 0 Å². The van der Waals surface area contributed by atoms with Gasteiger partial charge in [0.1, 0.15) is 6.61 Å². The topological polar surface area (TPSA) is 75.6 Å². The Bertz CT molecular complexity index is 419. The predicted molar refractivity (Wildman–Crippen MR) is 58.9 cm³/mol. The summed E-state index contributed by atoms with van der Waals surface area (Å²) in [5.41, 5.74) is 0.340. The van der Waals surface area contributed by atoms with Gasteiger partial charge in [0, 0.05) is 17.8 Å². The minimum atomic E-state index is -1.11. The van der Waals surface area contributed by atoms with Crippen LogP contribution in [0.4, 0.5) is 5.69 Å². The van der Waals surface area contributed by atoms with Crippen molar-refractivity contribution in [1.82, 2.24) is 0 Å². The lowest BCUT2D eigenvalue weighted by Crippen LogP contribution is -2.17. The van der Waals surface area contributed by atoms with E-state index in [0.29, 0.717) is 5.69 Å². The molecule has 0 radical (unpaired) electrons. The van der Waals surface area contributed by atoms with Crippen LogP contribution in [0.1, 0.15) is 10.4 Å². The number of carbonyl (C=O) groups excluding carboxylic acids is 1. The molecular formula is C10H10ClNO4. The Morgan fingerprint density at radius 1 is 1.44 bits per heavy atom. The monoisotopic (exact) mass is 243 g/mol. The number of carbonyl (C=O) groups is 2. The van der Waals surface area contributed by atoms with Crippen LogP contribution in [0.25, 0.3) is 0 Å². The number of ether oxygens (including phenoxy) is 1. The highest BCUT2D eigenvalue weighted by Crippen LogP contribution is 2.19. The van der Waals surface area contributed by atoms with Gasteiger partial charge in [0.15, 0.2) is 0 Å². The number of aromatic carboxylic acids is 1. The van der Waals surface area contributed by atoms with Crippen LogP contribution in [0.3, 0.4) is 0 Å². The number of rotatable bonds is 4. The van der Waals surface area contributed by atoms with Crippen LogP contribution in [0.15, 0.2) is 18.2 Å². The highest BCUT2D eigenvalue weighted by molar-refractivity contribution is 6.31. The molecule has 0 atom stereocenters. The highest BCUT2D eigenvalue weighted by Gasteiger charge is 2.08. The number of carboxylic acid groups (broad SMARTS) is 1. The van der Waals surface area contributed by atoms with Crippen LogP contribution in [0.2, 0.25) is 5.02 Å². The summed E-state index contributed by atoms with van der Waals surface area (Å²) in [5.74, 6) is -1.48. The fourth-order valence-corrected chi connectivity index (χ4v) is 1.35. The Balaban J connectivity index is 2.88. The number of anilines is 1. The minimum Gasteiger partial charge on any atom is -0.478 e. The summed E-state index contributed by atoms with van der Waals surface area (Å²) < 4.78 is 4.62. The molecule has 86 valence electrons. The number of benzene rings is 1. The number of carboxylic acids is 1. The van der Waals surface area contributed by atoms with Gasteiger partial charge in [0.05, 0.1) is 5.56 Å². The molecule has 0 aromatic heterocycles. The van der Waals surface area contributed by atoms with Crippen LogP contribution in [-0.4, -0.2) is 30.7 Å². The molecule has 1 rings (SSSR count). The summed E-state index contributed by atoms with van der Waals surface area (Å²) in [6, 6.07) is 4.08. The quantitative estimate of drug-likeness (QED) is 0.843. The molecule has 16 heavy (non-hydrogen) atoms. The molecule has 0 unspecified atom stereocenters. The van der Waals surface area contributed by atoms with E-state index in [0.717, 1.165) is 0 Å². The van der Waals surface area contributed by atoms with Gasteiger partial charge in [-0.15, -0.1) is 0 Å². The van der Waals surface area contributed by atoms with Crippen LogP contribution in [0.5, 0.6) is 0 Å². The first kappa shape index (κ1) is 12.5. The average molecular weight is 244 g/mol. The Morgan fingerprint density at radius 2 is 2.12 bits per heavy atom. The molecule has 1 aromatic rings. The minimum absolute atomic E-state index is 0.0141. The van der Waals surface area contributed by atoms with Gasteiger partial charge in [-0.25, -0.2) is 4.79 Å². The number of nitrogens with one attached hydrogen (secondary N) is 1. The zero-order valence-corrected chi connectivity index (χ0v) is 9.25. The van der Waals surface area contributed by atoms with Crippen LogP contribution in [-0.2, 0) is 9.53 Å². The van der Waals surface area contributed by atoms with Gasteiger partial charge in [-0.05, 0) is 18.2 Å². The summed E-state index contributed by atoms with van der Waals surface area (Å²) in [6.45, 7) is -0.102. The first-order valence-electron chi connectivity index (χ1n) is 4.35. The molecule has 0 heterocycles. The number of hydrogen-bond acceptors (Lipinski definition) is 3. The summed E-state index contributed by atoms with van der Waals surface area (Å²) in [6.07, 6.45) is 0. The zero-order chi connectivity index (χ0) is 12.1. The van der Waals surface area contributed by atoms with E-state index in [2.05, 4.69) is 10.1 Å². The second-order valence-corrected chi connectivity index (χ2v) is 3.45. The van der Waals surface area contributed by atoms with E-state index in [1.165, 1.54) is 25.3 Å². The summed E-state index contributed by atoms with van der Waals surface area (Å²) in [7, 11) is 1.39. The normalized spacial score (nSPS) is 9.88. The molecule has 2 N–H and O–H groups in total. The molecule has 0 saturated carbocycles. The molecule has 0 fully saturated rings. The standard InChI is InChI=1S/C10H10ClNO4/c1-16-5-9(13)12-8-3-6(10(14)15)2-7(11)4-8/h2-4H,5H2,1H3,(H,12,13)(H,14,15). The molecule has 1 aromatic carbocycles. The second kappa shape index (κ2) is 5.48. The van der Waals surface area contributed by atoms with Crippen LogP contribution < -0.4 is 5.32 Å². The molecule has 0 bridgehead atoms. The Morgan fingerprint density at radius 3 is 2.69 bits per heavy atom. The van der Waals surface area contributed by atoms with Crippen LogP contribution >= 0.6 is 11.6 Å². The first-order chi connectivity index (χ1) is 7.52. The first-order valence-corrected chi connectivity index (χ1v) is 4.73. The molecule has 5 nitrogen and oxygen atoms in total. The molecule has 1 amide bonds. The zero-order valence-electron chi connectivity index (χ0n) is 8.49. The lowest BCUT2D eigenvalue weighted by molar-refractivity contribution is -0.119. The van der Waals surface area contributed by atoms with Gasteiger partial charge < -0.3 is 15.2 Å². The Kier molecular flexibility index (Phi) is 4.28. The maximum absolute atomic E-state index is 11.2. The highest BCUT2D eigenvalue weighted by atomic mass is 35.5. The number of hydrogen-bond donors (Lipinski definition) is 2. The fraction of sp³-hybridized carbons (Fsp3) is 0.200. The maximum atomic E-state index is 11.2. The van der Waals surface area contributed by atoms with Gasteiger partial charge in [-0.2, -0.15) is 0 Å². The lowest BCUT2D eigenvalue weighted by Gasteiger charge is -2.06. The van der Waals surface area contributed by atoms with E-state index < -0.39 is 5.97 Å². The molecule has 0 saturated heterocycles. The predicted octanol–water partition coefficient (Wildman–Crippen LogP) is 1.62. The molecule has 0 spiro atoms. The van der Waals surface area contributed by atoms with Crippen molar-refractivity contribution in [3.05, 3.63) is 28.8 Å². The van der Waals surface area contributed by atoms with Gasteiger partial charge in [-0.3, -0.25) is 4.79 Å². The number of methoxy groups -OCH3 is 1. The third kappa shape index (κ3) is 3.52. The summed E-state index contributed by atoms with van der Waals surface area (Å²) in [4.78, 5) is 21.9. The fourth-order valence-electron chi connectivity index (χ4n) is 1.11.